The molecule has 0 aromatic heterocycles. The van der Waals surface area contributed by atoms with Gasteiger partial charge in [-0.05, 0) is 89.9 Å². The molecule has 0 aromatic rings. The van der Waals surface area contributed by atoms with Gasteiger partial charge in [-0.3, -0.25) is 9.59 Å². The predicted octanol–water partition coefficient (Wildman–Crippen LogP) is 16.2. The first-order valence-corrected chi connectivity index (χ1v) is 26.9. The number of aliphatic hydroxyl groups excluding tert-OH is 2. The summed E-state index contributed by atoms with van der Waals surface area (Å²) in [7, 11) is 0. The lowest BCUT2D eigenvalue weighted by molar-refractivity contribution is -0.143. The van der Waals surface area contributed by atoms with Crippen molar-refractivity contribution in [2.75, 3.05) is 13.2 Å². The van der Waals surface area contributed by atoms with Crippen molar-refractivity contribution in [3.8, 4) is 0 Å². The number of rotatable bonds is 49. The van der Waals surface area contributed by atoms with E-state index in [0.29, 0.717) is 25.9 Å². The lowest BCUT2D eigenvalue weighted by atomic mass is 10.0. The highest BCUT2D eigenvalue weighted by atomic mass is 16.5. The van der Waals surface area contributed by atoms with Gasteiger partial charge in [0, 0.05) is 12.8 Å². The van der Waals surface area contributed by atoms with E-state index in [2.05, 4.69) is 67.8 Å². The van der Waals surface area contributed by atoms with Crippen LogP contribution >= 0.6 is 0 Å². The molecular formula is C56H103NO5. The molecule has 362 valence electrons. The Kier molecular flexibility index (Phi) is 49.6. The maximum atomic E-state index is 12.4. The predicted molar refractivity (Wildman–Crippen MR) is 269 cm³/mol. The van der Waals surface area contributed by atoms with Gasteiger partial charge >= 0.3 is 5.97 Å². The summed E-state index contributed by atoms with van der Waals surface area (Å²) in [4.78, 5) is 24.5. The van der Waals surface area contributed by atoms with Crippen LogP contribution in [0.5, 0.6) is 0 Å². The minimum atomic E-state index is -0.678. The van der Waals surface area contributed by atoms with Crippen molar-refractivity contribution >= 4 is 11.9 Å². The zero-order valence-corrected chi connectivity index (χ0v) is 41.1. The lowest BCUT2D eigenvalue weighted by Crippen LogP contribution is -2.45. The van der Waals surface area contributed by atoms with Crippen LogP contribution in [0.1, 0.15) is 271 Å². The summed E-state index contributed by atoms with van der Waals surface area (Å²) in [5.74, 6) is -0.0862. The number of hydrogen-bond acceptors (Lipinski definition) is 5. The molecule has 0 aliphatic heterocycles. The van der Waals surface area contributed by atoms with Gasteiger partial charge in [0.2, 0.25) is 5.91 Å². The third-order valence-electron chi connectivity index (χ3n) is 12.1. The average molecular weight is 870 g/mol. The Balaban J connectivity index is 3.50. The zero-order valence-electron chi connectivity index (χ0n) is 41.1. The van der Waals surface area contributed by atoms with E-state index >= 15 is 0 Å². The van der Waals surface area contributed by atoms with E-state index in [1.165, 1.54) is 154 Å². The Bertz CT molecular complexity index is 1050. The number of hydrogen-bond donors (Lipinski definition) is 3. The van der Waals surface area contributed by atoms with Crippen LogP contribution in [0.2, 0.25) is 0 Å². The van der Waals surface area contributed by atoms with E-state index in [-0.39, 0.29) is 18.5 Å². The summed E-state index contributed by atoms with van der Waals surface area (Å²) in [5, 5.41) is 23.1. The van der Waals surface area contributed by atoms with Crippen LogP contribution in [0.3, 0.4) is 0 Å². The van der Waals surface area contributed by atoms with E-state index < -0.39 is 12.1 Å². The number of ether oxygens (including phenoxy) is 1. The van der Waals surface area contributed by atoms with Gasteiger partial charge in [0.15, 0.2) is 0 Å². The maximum absolute atomic E-state index is 12.4. The number of carbonyl (C=O) groups is 2. The first-order chi connectivity index (χ1) is 30.5. The molecule has 0 saturated carbocycles. The Hall–Kier alpha value is -2.18. The number of amides is 1. The molecule has 0 bridgehead atoms. The first kappa shape index (κ1) is 59.8. The van der Waals surface area contributed by atoms with Crippen LogP contribution in [0.4, 0.5) is 0 Å². The average Bonchev–Trinajstić information content (AvgIpc) is 3.27. The lowest BCUT2D eigenvalue weighted by Gasteiger charge is -2.22. The van der Waals surface area contributed by atoms with Crippen LogP contribution in [0, 0.1) is 0 Å². The second-order valence-corrected chi connectivity index (χ2v) is 18.2. The highest BCUT2D eigenvalue weighted by molar-refractivity contribution is 5.76. The number of aliphatic hydroxyl groups is 2. The third-order valence-corrected chi connectivity index (χ3v) is 12.1. The summed E-state index contributed by atoms with van der Waals surface area (Å²) in [6, 6.07) is -0.558. The molecule has 0 radical (unpaired) electrons. The molecule has 0 heterocycles. The quantitative estimate of drug-likeness (QED) is 0.0245. The standard InChI is InChI=1S/C56H103NO5/c1-3-5-7-9-11-13-15-16-17-18-19-20-23-26-30-34-38-42-46-50-56(61)62-51-47-43-39-35-31-27-24-21-22-25-29-33-37-41-45-49-55(60)57-53(52-58)54(59)48-44-40-36-32-28-14-12-10-8-6-4-2/h11,13,16-17,21,24,27,31,53-54,58-59H,3-10,12,14-15,18-20,22-23,25-26,28-30,32-52H2,1-2H3,(H,57,60)/b13-11-,17-16-,24-21-,31-27-. The molecule has 0 fully saturated rings. The van der Waals surface area contributed by atoms with Crippen molar-refractivity contribution in [3.63, 3.8) is 0 Å². The molecule has 0 spiro atoms. The fourth-order valence-corrected chi connectivity index (χ4v) is 7.95. The van der Waals surface area contributed by atoms with Crippen molar-refractivity contribution in [1.82, 2.24) is 5.32 Å². The molecule has 0 saturated heterocycles. The smallest absolute Gasteiger partial charge is 0.305 e. The number of unbranched alkanes of at least 4 members (excludes halogenated alkanes) is 31. The molecule has 0 aliphatic carbocycles. The Morgan fingerprint density at radius 2 is 0.855 bits per heavy atom. The highest BCUT2D eigenvalue weighted by Gasteiger charge is 2.20. The summed E-state index contributed by atoms with van der Waals surface area (Å²) in [6.07, 6.45) is 63.7. The summed E-state index contributed by atoms with van der Waals surface area (Å²) < 4.78 is 5.45. The Labute approximate surface area is 385 Å². The van der Waals surface area contributed by atoms with Gasteiger partial charge in [-0.1, -0.05) is 217 Å². The van der Waals surface area contributed by atoms with Gasteiger partial charge in [0.25, 0.3) is 0 Å². The monoisotopic (exact) mass is 870 g/mol. The van der Waals surface area contributed by atoms with Crippen molar-refractivity contribution in [2.45, 2.75) is 283 Å². The minimum absolute atomic E-state index is 0.0262. The topological polar surface area (TPSA) is 95.9 Å². The largest absolute Gasteiger partial charge is 0.466 e. The van der Waals surface area contributed by atoms with Crippen LogP contribution in [-0.2, 0) is 14.3 Å². The van der Waals surface area contributed by atoms with E-state index in [1.807, 2.05) is 0 Å². The SMILES string of the molecule is CCCCC/C=C\C/C=C\CCCCCCCCCCCC(=O)OCCCCC/C=C\C=C/CCCCCCCCC(=O)NC(CO)C(O)CCCCCCCCCCCCC. The van der Waals surface area contributed by atoms with Gasteiger partial charge < -0.3 is 20.3 Å². The van der Waals surface area contributed by atoms with E-state index in [1.54, 1.807) is 0 Å². The summed E-state index contributed by atoms with van der Waals surface area (Å²) in [6.45, 7) is 4.85. The summed E-state index contributed by atoms with van der Waals surface area (Å²) in [5.41, 5.74) is 0. The second kappa shape index (κ2) is 51.5. The van der Waals surface area contributed by atoms with Crippen LogP contribution in [-0.4, -0.2) is 47.4 Å². The molecule has 1 amide bonds. The van der Waals surface area contributed by atoms with Gasteiger partial charge in [0.05, 0.1) is 25.4 Å². The molecule has 6 nitrogen and oxygen atoms in total. The number of esters is 1. The number of carbonyl (C=O) groups excluding carboxylic acids is 2. The van der Waals surface area contributed by atoms with Crippen molar-refractivity contribution in [2.24, 2.45) is 0 Å². The zero-order chi connectivity index (χ0) is 45.1. The Morgan fingerprint density at radius 1 is 0.468 bits per heavy atom. The summed E-state index contributed by atoms with van der Waals surface area (Å²) >= 11 is 0. The van der Waals surface area contributed by atoms with Crippen molar-refractivity contribution < 1.29 is 24.5 Å². The van der Waals surface area contributed by atoms with Crippen LogP contribution in [0.15, 0.2) is 48.6 Å². The molecule has 0 rings (SSSR count). The molecule has 6 heteroatoms. The molecular weight excluding hydrogens is 767 g/mol. The molecule has 3 N–H and O–H groups in total. The van der Waals surface area contributed by atoms with E-state index in [0.717, 1.165) is 83.5 Å². The van der Waals surface area contributed by atoms with Crippen LogP contribution < -0.4 is 5.32 Å². The second-order valence-electron chi connectivity index (χ2n) is 18.2. The maximum Gasteiger partial charge on any atom is 0.305 e. The number of allylic oxidation sites excluding steroid dienone is 8. The first-order valence-electron chi connectivity index (χ1n) is 26.9. The van der Waals surface area contributed by atoms with Gasteiger partial charge in [-0.2, -0.15) is 0 Å². The molecule has 62 heavy (non-hydrogen) atoms. The van der Waals surface area contributed by atoms with E-state index in [4.69, 9.17) is 4.74 Å². The highest BCUT2D eigenvalue weighted by Crippen LogP contribution is 2.15. The Morgan fingerprint density at radius 3 is 1.35 bits per heavy atom. The molecule has 0 aliphatic rings. The minimum Gasteiger partial charge on any atom is -0.466 e. The van der Waals surface area contributed by atoms with Crippen molar-refractivity contribution in [3.05, 3.63) is 48.6 Å². The fraction of sp³-hybridized carbons (Fsp3) is 0.821. The van der Waals surface area contributed by atoms with Gasteiger partial charge in [-0.15, -0.1) is 0 Å². The van der Waals surface area contributed by atoms with Crippen molar-refractivity contribution in [1.29, 1.82) is 0 Å². The number of nitrogens with one attached hydrogen (secondary N) is 1. The third kappa shape index (κ3) is 47.3. The normalized spacial score (nSPS) is 13.0. The molecule has 0 aromatic carbocycles. The molecule has 2 unspecified atom stereocenters. The molecule has 2 atom stereocenters. The van der Waals surface area contributed by atoms with Gasteiger partial charge in [0.1, 0.15) is 0 Å². The van der Waals surface area contributed by atoms with E-state index in [9.17, 15) is 19.8 Å². The van der Waals surface area contributed by atoms with Gasteiger partial charge in [-0.25, -0.2) is 0 Å². The van der Waals surface area contributed by atoms with Crippen LogP contribution in [0.25, 0.3) is 0 Å². The fourth-order valence-electron chi connectivity index (χ4n) is 7.95.